The van der Waals surface area contributed by atoms with Crippen molar-refractivity contribution in [1.82, 2.24) is 24.7 Å². The third kappa shape index (κ3) is 4.94. The van der Waals surface area contributed by atoms with Gasteiger partial charge in [-0.05, 0) is 37.3 Å². The molecule has 1 aliphatic rings. The summed E-state index contributed by atoms with van der Waals surface area (Å²) in [7, 11) is 0. The number of hydrogen-bond acceptors (Lipinski definition) is 7. The van der Waals surface area contributed by atoms with Gasteiger partial charge in [0.25, 0.3) is 0 Å². The van der Waals surface area contributed by atoms with E-state index in [1.54, 1.807) is 11.9 Å². The lowest BCUT2D eigenvalue weighted by molar-refractivity contribution is 0.0704. The van der Waals surface area contributed by atoms with Crippen LogP contribution in [0.15, 0.2) is 42.7 Å². The summed E-state index contributed by atoms with van der Waals surface area (Å²) >= 11 is 1.63. The number of rotatable bonds is 7. The number of ether oxygens (including phenoxy) is 1. The molecule has 0 spiro atoms. The minimum absolute atomic E-state index is 0.290. The van der Waals surface area contributed by atoms with E-state index in [0.717, 1.165) is 61.2 Å². The lowest BCUT2D eigenvalue weighted by Crippen LogP contribution is -2.21. The Kier molecular flexibility index (Phi) is 6.41. The van der Waals surface area contributed by atoms with Crippen molar-refractivity contribution in [3.8, 4) is 11.4 Å². The standard InChI is InChI=1S/C21H26N6OS/c1-15-13-22-19(23-14-15)12-16(2)29-26-21-25-24-20(17-6-4-3-5-7-17)27(21)18-8-10-28-11-9-18/h3-7,13-14,16,18H,8-12H2,1-2H3,(H,25,26). The zero-order chi connectivity index (χ0) is 20.1. The van der Waals surface area contributed by atoms with Gasteiger partial charge in [-0.15, -0.1) is 10.2 Å². The second kappa shape index (κ2) is 9.37. The number of nitrogens with one attached hydrogen (secondary N) is 1. The summed E-state index contributed by atoms with van der Waals surface area (Å²) in [6.07, 6.45) is 6.44. The predicted molar refractivity (Wildman–Crippen MR) is 116 cm³/mol. The molecule has 3 heterocycles. The van der Waals surface area contributed by atoms with E-state index in [1.807, 2.05) is 37.5 Å². The van der Waals surface area contributed by atoms with Crippen molar-refractivity contribution in [3.05, 3.63) is 54.1 Å². The summed E-state index contributed by atoms with van der Waals surface area (Å²) in [4.78, 5) is 8.82. The highest BCUT2D eigenvalue weighted by Crippen LogP contribution is 2.32. The molecule has 152 valence electrons. The summed E-state index contributed by atoms with van der Waals surface area (Å²) in [5, 5.41) is 9.26. The Labute approximate surface area is 175 Å². The van der Waals surface area contributed by atoms with Gasteiger partial charge in [-0.25, -0.2) is 9.97 Å². The van der Waals surface area contributed by atoms with Gasteiger partial charge in [0, 0.05) is 48.9 Å². The minimum Gasteiger partial charge on any atom is -0.381 e. The van der Waals surface area contributed by atoms with Gasteiger partial charge in [0.05, 0.1) is 0 Å². The Morgan fingerprint density at radius 2 is 1.86 bits per heavy atom. The minimum atomic E-state index is 0.290. The normalized spacial score (nSPS) is 15.9. The molecule has 0 aliphatic carbocycles. The maximum atomic E-state index is 5.56. The van der Waals surface area contributed by atoms with Crippen molar-refractivity contribution in [3.63, 3.8) is 0 Å². The molecular weight excluding hydrogens is 384 g/mol. The van der Waals surface area contributed by atoms with Crippen molar-refractivity contribution < 1.29 is 4.74 Å². The zero-order valence-corrected chi connectivity index (χ0v) is 17.6. The topological polar surface area (TPSA) is 77.8 Å². The number of aromatic nitrogens is 5. The smallest absolute Gasteiger partial charge is 0.235 e. The van der Waals surface area contributed by atoms with Crippen LogP contribution in [0, 0.1) is 6.92 Å². The molecule has 0 saturated carbocycles. The number of aryl methyl sites for hydroxylation is 1. The molecular formula is C21H26N6OS. The van der Waals surface area contributed by atoms with E-state index < -0.39 is 0 Å². The second-order valence-electron chi connectivity index (χ2n) is 7.34. The van der Waals surface area contributed by atoms with Gasteiger partial charge in [0.1, 0.15) is 5.82 Å². The van der Waals surface area contributed by atoms with Gasteiger partial charge in [-0.1, -0.05) is 37.3 Å². The number of hydrogen-bond donors (Lipinski definition) is 1. The molecule has 3 aromatic rings. The zero-order valence-electron chi connectivity index (χ0n) is 16.8. The van der Waals surface area contributed by atoms with Gasteiger partial charge in [-0.3, -0.25) is 9.29 Å². The molecule has 0 bridgehead atoms. The highest BCUT2D eigenvalue weighted by Gasteiger charge is 2.24. The summed E-state index contributed by atoms with van der Waals surface area (Å²) in [6.45, 7) is 5.70. The first kappa shape index (κ1) is 19.8. The van der Waals surface area contributed by atoms with Crippen LogP contribution in [-0.4, -0.2) is 43.2 Å². The van der Waals surface area contributed by atoms with Crippen LogP contribution in [0.2, 0.25) is 0 Å². The monoisotopic (exact) mass is 410 g/mol. The van der Waals surface area contributed by atoms with Crippen LogP contribution >= 0.6 is 11.9 Å². The summed E-state index contributed by atoms with van der Waals surface area (Å²) in [5.74, 6) is 2.54. The molecule has 1 aliphatic heterocycles. The van der Waals surface area contributed by atoms with Crippen molar-refractivity contribution >= 4 is 17.9 Å². The molecule has 7 nitrogen and oxygen atoms in total. The Bertz CT molecular complexity index is 909. The summed E-state index contributed by atoms with van der Waals surface area (Å²) in [6, 6.07) is 10.6. The second-order valence-corrected chi connectivity index (χ2v) is 8.58. The first-order valence-electron chi connectivity index (χ1n) is 9.98. The molecule has 4 rings (SSSR count). The number of anilines is 1. The van der Waals surface area contributed by atoms with Crippen LogP contribution in [0.3, 0.4) is 0 Å². The Morgan fingerprint density at radius 3 is 2.59 bits per heavy atom. The van der Waals surface area contributed by atoms with Crippen LogP contribution in [0.4, 0.5) is 5.95 Å². The average molecular weight is 411 g/mol. The molecule has 1 saturated heterocycles. The van der Waals surface area contributed by atoms with E-state index in [9.17, 15) is 0 Å². The Balaban J connectivity index is 1.50. The van der Waals surface area contributed by atoms with E-state index in [1.165, 1.54) is 0 Å². The van der Waals surface area contributed by atoms with E-state index in [2.05, 4.69) is 48.5 Å². The maximum Gasteiger partial charge on any atom is 0.235 e. The van der Waals surface area contributed by atoms with Crippen LogP contribution in [0.1, 0.15) is 37.2 Å². The molecule has 0 amide bonds. The van der Waals surface area contributed by atoms with Gasteiger partial charge in [0.2, 0.25) is 5.95 Å². The first-order chi connectivity index (χ1) is 14.2. The molecule has 1 fully saturated rings. The van der Waals surface area contributed by atoms with E-state index in [4.69, 9.17) is 4.74 Å². The fourth-order valence-electron chi connectivity index (χ4n) is 3.41. The highest BCUT2D eigenvalue weighted by molar-refractivity contribution is 8.01. The van der Waals surface area contributed by atoms with Gasteiger partial charge in [-0.2, -0.15) is 0 Å². The van der Waals surface area contributed by atoms with Crippen molar-refractivity contribution in [1.29, 1.82) is 0 Å². The lowest BCUT2D eigenvalue weighted by Gasteiger charge is -2.26. The third-order valence-electron chi connectivity index (χ3n) is 4.94. The average Bonchev–Trinajstić information content (AvgIpc) is 3.19. The molecule has 8 heteroatoms. The molecule has 0 radical (unpaired) electrons. The van der Waals surface area contributed by atoms with Crippen LogP contribution in [0.25, 0.3) is 11.4 Å². The van der Waals surface area contributed by atoms with Crippen molar-refractivity contribution in [2.24, 2.45) is 0 Å². The quantitative estimate of drug-likeness (QED) is 0.588. The third-order valence-corrected chi connectivity index (χ3v) is 5.81. The van der Waals surface area contributed by atoms with Crippen molar-refractivity contribution in [2.45, 2.75) is 44.4 Å². The highest BCUT2D eigenvalue weighted by atomic mass is 32.2. The van der Waals surface area contributed by atoms with Crippen molar-refractivity contribution in [2.75, 3.05) is 17.9 Å². The Hall–Kier alpha value is -2.45. The van der Waals surface area contributed by atoms with Gasteiger partial charge < -0.3 is 4.74 Å². The fourth-order valence-corrected chi connectivity index (χ4v) is 4.09. The van der Waals surface area contributed by atoms with Gasteiger partial charge in [0.15, 0.2) is 5.82 Å². The van der Waals surface area contributed by atoms with Crippen LogP contribution < -0.4 is 4.72 Å². The predicted octanol–water partition coefficient (Wildman–Crippen LogP) is 4.09. The lowest BCUT2D eigenvalue weighted by atomic mass is 10.1. The maximum absolute atomic E-state index is 5.56. The van der Waals surface area contributed by atoms with E-state index in [0.29, 0.717) is 6.04 Å². The molecule has 1 aromatic carbocycles. The van der Waals surface area contributed by atoms with Crippen LogP contribution in [-0.2, 0) is 11.2 Å². The Morgan fingerprint density at radius 1 is 1.14 bits per heavy atom. The van der Waals surface area contributed by atoms with E-state index in [-0.39, 0.29) is 5.25 Å². The summed E-state index contributed by atoms with van der Waals surface area (Å²) < 4.78 is 11.2. The molecule has 1 N–H and O–H groups in total. The molecule has 1 atom stereocenters. The fraction of sp³-hybridized carbons (Fsp3) is 0.429. The molecule has 29 heavy (non-hydrogen) atoms. The summed E-state index contributed by atoms with van der Waals surface area (Å²) in [5.41, 5.74) is 2.15. The van der Waals surface area contributed by atoms with Crippen LogP contribution in [0.5, 0.6) is 0 Å². The SMILES string of the molecule is Cc1cnc(CC(C)SNc2nnc(-c3ccccc3)n2C2CCOCC2)nc1. The number of nitrogens with zero attached hydrogens (tertiary/aromatic N) is 5. The number of benzene rings is 1. The van der Waals surface area contributed by atoms with E-state index >= 15 is 0 Å². The molecule has 1 unspecified atom stereocenters. The largest absolute Gasteiger partial charge is 0.381 e. The molecule has 2 aromatic heterocycles. The first-order valence-corrected chi connectivity index (χ1v) is 10.9. The van der Waals surface area contributed by atoms with Gasteiger partial charge >= 0.3 is 0 Å².